The Morgan fingerprint density at radius 2 is 1.67 bits per heavy atom. The highest BCUT2D eigenvalue weighted by atomic mass is 19.1. The lowest BCUT2D eigenvalue weighted by Gasteiger charge is -2.38. The van der Waals surface area contributed by atoms with Crippen LogP contribution in [-0.2, 0) is 23.1 Å². The average molecular weight is 1120 g/mol. The van der Waals surface area contributed by atoms with Crippen molar-refractivity contribution in [2.75, 3.05) is 88.4 Å². The second-order valence-corrected chi connectivity index (χ2v) is 23.7. The monoisotopic (exact) mass is 1120 g/mol. The Hall–Kier alpha value is -7.26. The third kappa shape index (κ3) is 11.3. The number of phenolic OH excluding ortho intramolecular Hbond substituents is 1. The number of nitrogens with zero attached hydrogens (tertiary/aromatic N) is 11. The lowest BCUT2D eigenvalue weighted by Crippen LogP contribution is -2.51. The summed E-state index contributed by atoms with van der Waals surface area (Å²) in [4.78, 5) is 53.6. The van der Waals surface area contributed by atoms with Crippen LogP contribution < -0.4 is 25.2 Å². The fourth-order valence-electron chi connectivity index (χ4n) is 13.4. The molecule has 3 aromatic carbocycles. The van der Waals surface area contributed by atoms with Crippen molar-refractivity contribution >= 4 is 45.1 Å². The van der Waals surface area contributed by atoms with Gasteiger partial charge in [-0.1, -0.05) is 68.4 Å². The fraction of sp³-hybridized carbons (Fsp3) is 0.500. The summed E-state index contributed by atoms with van der Waals surface area (Å²) in [6, 6.07) is 20.7. The van der Waals surface area contributed by atoms with E-state index in [0.29, 0.717) is 59.5 Å². The van der Waals surface area contributed by atoms with Crippen LogP contribution >= 0.6 is 0 Å². The topological polar surface area (TPSA) is 207 Å². The van der Waals surface area contributed by atoms with E-state index in [1.807, 2.05) is 87.1 Å². The number of ether oxygens (including phenoxy) is 1. The fourth-order valence-corrected chi connectivity index (χ4v) is 13.4. The number of aromatic hydroxyl groups is 1. The van der Waals surface area contributed by atoms with E-state index in [-0.39, 0.29) is 59.7 Å². The Morgan fingerprint density at radius 3 is 2.39 bits per heavy atom. The van der Waals surface area contributed by atoms with E-state index in [1.54, 1.807) is 24.5 Å². The summed E-state index contributed by atoms with van der Waals surface area (Å²) < 4.78 is 31.3. The van der Waals surface area contributed by atoms with E-state index < -0.39 is 23.9 Å². The number of aliphatic hydroxyl groups is 1. The summed E-state index contributed by atoms with van der Waals surface area (Å²) >= 11 is 0. The Bertz CT molecular complexity index is 3420. The summed E-state index contributed by atoms with van der Waals surface area (Å²) in [6.45, 7) is 16.8. The summed E-state index contributed by atoms with van der Waals surface area (Å²) in [5, 5.41) is 39.4. The molecule has 0 spiro atoms. The van der Waals surface area contributed by atoms with Gasteiger partial charge in [0.25, 0.3) is 0 Å². The first kappa shape index (κ1) is 55.3. The van der Waals surface area contributed by atoms with Crippen molar-refractivity contribution < 1.29 is 33.5 Å². The molecule has 2 amide bonds. The number of benzene rings is 3. The zero-order chi connectivity index (χ0) is 56.8. The number of β-amino-alcohol motifs (C(OH)–C–C–N with tert-alkyl or cyclic N) is 1. The zero-order valence-electron chi connectivity index (χ0n) is 47.7. The number of hydrogen-bond acceptors (Lipinski definition) is 16. The summed E-state index contributed by atoms with van der Waals surface area (Å²) in [6.07, 6.45) is 7.83. The maximum absolute atomic E-state index is 17.1. The van der Waals surface area contributed by atoms with E-state index in [2.05, 4.69) is 47.4 Å². The van der Waals surface area contributed by atoms with Crippen molar-refractivity contribution in [1.29, 1.82) is 0 Å². The predicted molar refractivity (Wildman–Crippen MR) is 312 cm³/mol. The highest BCUT2D eigenvalue weighted by Crippen LogP contribution is 2.40. The molecule has 5 fully saturated rings. The molecule has 5 aliphatic heterocycles. The van der Waals surface area contributed by atoms with Gasteiger partial charge in [-0.05, 0) is 110 Å². The number of hydrogen-bond donors (Lipinski definition) is 4. The molecule has 432 valence electrons. The van der Waals surface area contributed by atoms with Gasteiger partial charge in [-0.3, -0.25) is 29.1 Å². The molecule has 5 aliphatic rings. The summed E-state index contributed by atoms with van der Waals surface area (Å²) in [5.41, 5.74) is 4.79. The second kappa shape index (κ2) is 23.5. The van der Waals surface area contributed by atoms with E-state index >= 15 is 4.39 Å². The van der Waals surface area contributed by atoms with E-state index in [0.717, 1.165) is 124 Å². The molecule has 9 heterocycles. The quantitative estimate of drug-likeness (QED) is 0.0719. The van der Waals surface area contributed by atoms with Crippen molar-refractivity contribution in [3.63, 3.8) is 0 Å². The van der Waals surface area contributed by atoms with Gasteiger partial charge in [0.2, 0.25) is 11.8 Å². The van der Waals surface area contributed by atoms with Crippen LogP contribution in [0.1, 0.15) is 88.6 Å². The number of carbonyl (C=O) groups excluding carboxylic acids is 2. The highest BCUT2D eigenvalue weighted by molar-refractivity contribution is 6.02. The van der Waals surface area contributed by atoms with Crippen LogP contribution in [0.4, 0.5) is 16.0 Å². The van der Waals surface area contributed by atoms with Crippen molar-refractivity contribution in [3.05, 3.63) is 102 Å². The van der Waals surface area contributed by atoms with Crippen LogP contribution in [0.3, 0.4) is 0 Å². The molecule has 5 saturated heterocycles. The van der Waals surface area contributed by atoms with Crippen molar-refractivity contribution in [3.8, 4) is 34.3 Å². The second-order valence-electron chi connectivity index (χ2n) is 23.7. The standard InChI is InChI=1S/C62H76FN13O6/c1-6-40-8-7-9-43-28-46(77)29-48(55(40)43)57-56(63)58-49(32-64-57)59(75-34-44-14-15-45(35-75)67-44)69-62(68-58)81-27-26-72-20-17-39(18-21-72)33-73-22-24-74(25-23-73)53-31-52(82-70-53)54(37(2)3)61(80)76-36-47(78)30-51(76)60(79)66-38(4)41-10-12-42(13-11-41)50-16-19-65-71(50)5/h7-13,16,19,28-29,31-32,37-39,44-45,47,51,54,67,77-78H,6,14-15,17-18,20-27,30,33-36H2,1-5H3,(H,66,79)/t38-,44?,45?,47+,51-,54+/m0/s1. The molecule has 20 heteroatoms. The minimum atomic E-state index is -0.823. The van der Waals surface area contributed by atoms with Gasteiger partial charge in [0.15, 0.2) is 17.4 Å². The third-order valence-corrected chi connectivity index (χ3v) is 17.9. The van der Waals surface area contributed by atoms with Gasteiger partial charge in [-0.2, -0.15) is 15.1 Å². The molecule has 12 rings (SSSR count). The molecule has 0 aliphatic carbocycles. The number of rotatable bonds is 17. The highest BCUT2D eigenvalue weighted by Gasteiger charge is 2.44. The molecule has 82 heavy (non-hydrogen) atoms. The summed E-state index contributed by atoms with van der Waals surface area (Å²) in [5.74, 6) is 0.435. The Balaban J connectivity index is 0.634. The summed E-state index contributed by atoms with van der Waals surface area (Å²) in [7, 11) is 1.90. The molecule has 2 bridgehead atoms. The van der Waals surface area contributed by atoms with Crippen LogP contribution in [0, 0.1) is 17.7 Å². The molecule has 0 saturated carbocycles. The third-order valence-electron chi connectivity index (χ3n) is 17.9. The van der Waals surface area contributed by atoms with Gasteiger partial charge in [0, 0.05) is 108 Å². The average Bonchev–Trinajstić information content (AvgIpc) is 3.28. The molecule has 4 N–H and O–H groups in total. The van der Waals surface area contributed by atoms with Gasteiger partial charge >= 0.3 is 6.01 Å². The Labute approximate surface area is 477 Å². The van der Waals surface area contributed by atoms with Crippen LogP contribution in [0.5, 0.6) is 11.8 Å². The van der Waals surface area contributed by atoms with Gasteiger partial charge in [-0.25, -0.2) is 4.39 Å². The normalized spacial score (nSPS) is 21.7. The number of aryl methyl sites for hydroxylation is 2. The largest absolute Gasteiger partial charge is 0.508 e. The van der Waals surface area contributed by atoms with Crippen LogP contribution in [0.25, 0.3) is 44.2 Å². The van der Waals surface area contributed by atoms with Gasteiger partial charge in [0.05, 0.1) is 23.2 Å². The number of anilines is 2. The lowest BCUT2D eigenvalue weighted by atomic mass is 9.91. The molecule has 7 aromatic rings. The van der Waals surface area contributed by atoms with E-state index in [1.165, 1.54) is 4.90 Å². The number of fused-ring (bicyclic) bond motifs is 4. The number of aliphatic hydroxyl groups excluding tert-OH is 1. The first-order chi connectivity index (χ1) is 39.7. The number of halogens is 1. The van der Waals surface area contributed by atoms with Crippen LogP contribution in [-0.4, -0.2) is 169 Å². The molecule has 2 unspecified atom stereocenters. The number of piperazine rings is 2. The predicted octanol–water partition coefficient (Wildman–Crippen LogP) is 7.07. The van der Waals surface area contributed by atoms with E-state index in [9.17, 15) is 19.8 Å². The minimum absolute atomic E-state index is 0.0445. The molecular weight excluding hydrogens is 1040 g/mol. The SMILES string of the molecule is CCc1cccc2cc(O)cc(-c3ncc4c(N5CC6CCC(C5)N6)nc(OCCN5CCC(CN6CCN(c7cc([C@H](C(=O)N8C[C@H](O)C[C@H]8C(=O)N[C@@H](C)c8ccc(-c9ccnn9C)cc8)C(C)C)on7)CC6)CC5)nc4c3F)c12. The number of likely N-dealkylation sites (tertiary alicyclic amines) is 2. The number of phenols is 1. The molecule has 0 radical (unpaired) electrons. The maximum atomic E-state index is 17.1. The van der Waals surface area contributed by atoms with Crippen LogP contribution in [0.2, 0.25) is 0 Å². The number of pyridine rings is 1. The first-order valence-corrected chi connectivity index (χ1v) is 29.5. The molecular formula is C62H76FN13O6. The lowest BCUT2D eigenvalue weighted by molar-refractivity contribution is -0.141. The number of amides is 2. The number of piperidine rings is 1. The smallest absolute Gasteiger partial charge is 0.319 e. The van der Waals surface area contributed by atoms with Crippen molar-refractivity contribution in [2.45, 2.75) is 102 Å². The Kier molecular flexibility index (Phi) is 15.9. The maximum Gasteiger partial charge on any atom is 0.319 e. The van der Waals surface area contributed by atoms with Crippen molar-refractivity contribution in [1.82, 2.24) is 55.2 Å². The Morgan fingerprint density at radius 1 is 0.902 bits per heavy atom. The first-order valence-electron chi connectivity index (χ1n) is 29.5. The van der Waals surface area contributed by atoms with Crippen molar-refractivity contribution in [2.24, 2.45) is 18.9 Å². The van der Waals surface area contributed by atoms with Gasteiger partial charge in [-0.15, -0.1) is 0 Å². The zero-order valence-corrected chi connectivity index (χ0v) is 47.7. The molecule has 19 nitrogen and oxygen atoms in total. The minimum Gasteiger partial charge on any atom is -0.508 e. The molecule has 6 atom stereocenters. The van der Waals surface area contributed by atoms with E-state index in [4.69, 9.17) is 24.2 Å². The van der Waals surface area contributed by atoms with Gasteiger partial charge in [0.1, 0.15) is 41.3 Å². The van der Waals surface area contributed by atoms with Gasteiger partial charge < -0.3 is 44.8 Å². The van der Waals surface area contributed by atoms with Crippen LogP contribution in [0.15, 0.2) is 83.6 Å². The molecule has 4 aromatic heterocycles. The number of nitrogens with one attached hydrogen (secondary N) is 2. The number of aromatic nitrogens is 6. The number of carbonyl (C=O) groups is 2.